The maximum atomic E-state index is 12.6. The number of anilines is 1. The summed E-state index contributed by atoms with van der Waals surface area (Å²) in [4.78, 5) is 38.9. The maximum Gasteiger partial charge on any atom is 0.340 e. The number of aromatic nitrogens is 1. The van der Waals surface area contributed by atoms with E-state index in [0.29, 0.717) is 29.8 Å². The lowest BCUT2D eigenvalue weighted by Gasteiger charge is -2.18. The molecule has 0 aliphatic carbocycles. The van der Waals surface area contributed by atoms with E-state index in [9.17, 15) is 14.4 Å². The van der Waals surface area contributed by atoms with Crippen LogP contribution < -0.4 is 4.90 Å². The molecule has 1 aliphatic rings. The normalized spacial score (nSPS) is 14.0. The predicted octanol–water partition coefficient (Wildman–Crippen LogP) is 3.85. The zero-order valence-corrected chi connectivity index (χ0v) is 16.8. The first-order chi connectivity index (χ1) is 13.3. The number of hydrogen-bond acceptors (Lipinski definition) is 4. The Morgan fingerprint density at radius 2 is 1.86 bits per heavy atom. The van der Waals surface area contributed by atoms with Gasteiger partial charge in [0.1, 0.15) is 0 Å². The number of ketones is 1. The number of rotatable bonds is 6. The van der Waals surface area contributed by atoms with Gasteiger partial charge in [0.05, 0.1) is 11.3 Å². The molecule has 0 radical (unpaired) electrons. The number of para-hydroxylation sites is 1. The number of hydrogen-bond donors (Lipinski definition) is 0. The third-order valence-corrected chi connectivity index (χ3v) is 5.12. The number of carbonyl (C=O) groups excluding carboxylic acids is 3. The molecule has 0 atom stereocenters. The molecule has 1 saturated heterocycles. The van der Waals surface area contributed by atoms with Crippen LogP contribution in [0.15, 0.2) is 30.3 Å². The summed E-state index contributed by atoms with van der Waals surface area (Å²) in [5.74, 6) is -0.832. The Bertz CT molecular complexity index is 927. The SMILES string of the molecule is Cc1cc(C(=O)COC(=O)c2ccccc2N2CCCC2=O)c(C)n1C(C)C. The van der Waals surface area contributed by atoms with Crippen molar-refractivity contribution in [3.05, 3.63) is 52.8 Å². The van der Waals surface area contributed by atoms with Gasteiger partial charge in [0.2, 0.25) is 11.7 Å². The van der Waals surface area contributed by atoms with E-state index >= 15 is 0 Å². The standard InChI is InChI=1S/C22H26N2O4/c1-14(2)24-15(3)12-18(16(24)4)20(25)13-28-22(27)17-8-5-6-9-19(17)23-11-7-10-21(23)26/h5-6,8-9,12,14H,7,10-11,13H2,1-4H3. The van der Waals surface area contributed by atoms with Crippen LogP contribution in [0.3, 0.4) is 0 Å². The molecule has 3 rings (SSSR count). The van der Waals surface area contributed by atoms with Crippen LogP contribution in [0, 0.1) is 13.8 Å². The van der Waals surface area contributed by atoms with E-state index < -0.39 is 5.97 Å². The Morgan fingerprint density at radius 1 is 1.14 bits per heavy atom. The second-order valence-corrected chi connectivity index (χ2v) is 7.41. The van der Waals surface area contributed by atoms with Gasteiger partial charge in [0, 0.05) is 36.0 Å². The van der Waals surface area contributed by atoms with Crippen LogP contribution in [-0.4, -0.2) is 35.4 Å². The molecule has 6 nitrogen and oxygen atoms in total. The van der Waals surface area contributed by atoms with E-state index in [1.54, 1.807) is 29.2 Å². The summed E-state index contributed by atoms with van der Waals surface area (Å²) in [5.41, 5.74) is 3.29. The molecule has 28 heavy (non-hydrogen) atoms. The van der Waals surface area contributed by atoms with Crippen molar-refractivity contribution in [2.45, 2.75) is 46.6 Å². The fraction of sp³-hybridized carbons (Fsp3) is 0.409. The van der Waals surface area contributed by atoms with Crippen LogP contribution in [0.5, 0.6) is 0 Å². The van der Waals surface area contributed by atoms with E-state index in [4.69, 9.17) is 4.74 Å². The summed E-state index contributed by atoms with van der Waals surface area (Å²) in [7, 11) is 0. The first kappa shape index (κ1) is 19.9. The summed E-state index contributed by atoms with van der Waals surface area (Å²) in [6, 6.07) is 8.94. The fourth-order valence-corrected chi connectivity index (χ4v) is 3.93. The van der Waals surface area contributed by atoms with Crippen molar-refractivity contribution in [3.63, 3.8) is 0 Å². The molecule has 1 aromatic carbocycles. The summed E-state index contributed by atoms with van der Waals surface area (Å²) in [6.45, 7) is 8.23. The lowest BCUT2D eigenvalue weighted by Crippen LogP contribution is -2.26. The van der Waals surface area contributed by atoms with Gasteiger partial charge in [-0.1, -0.05) is 12.1 Å². The van der Waals surface area contributed by atoms with Crippen LogP contribution in [0.25, 0.3) is 0 Å². The average Bonchev–Trinajstić information content (AvgIpc) is 3.21. The zero-order chi connectivity index (χ0) is 20.4. The minimum absolute atomic E-state index is 0.00236. The Hall–Kier alpha value is -2.89. The molecule has 1 aliphatic heterocycles. The largest absolute Gasteiger partial charge is 0.454 e. The molecule has 1 fully saturated rings. The topological polar surface area (TPSA) is 68.6 Å². The second-order valence-electron chi connectivity index (χ2n) is 7.41. The van der Waals surface area contributed by atoms with Gasteiger partial charge in [0.25, 0.3) is 0 Å². The number of aryl methyl sites for hydroxylation is 1. The van der Waals surface area contributed by atoms with Crippen LogP contribution in [0.4, 0.5) is 5.69 Å². The summed E-state index contributed by atoms with van der Waals surface area (Å²) in [5, 5.41) is 0. The third kappa shape index (κ3) is 3.72. The van der Waals surface area contributed by atoms with Gasteiger partial charge < -0.3 is 14.2 Å². The molecule has 1 amide bonds. The Balaban J connectivity index is 1.74. The Kier molecular flexibility index (Phi) is 5.68. The van der Waals surface area contributed by atoms with E-state index in [0.717, 1.165) is 17.8 Å². The number of esters is 1. The minimum atomic E-state index is -0.596. The highest BCUT2D eigenvalue weighted by Gasteiger charge is 2.26. The summed E-state index contributed by atoms with van der Waals surface area (Å²) < 4.78 is 7.40. The number of amides is 1. The smallest absolute Gasteiger partial charge is 0.340 e. The van der Waals surface area contributed by atoms with Gasteiger partial charge in [-0.15, -0.1) is 0 Å². The van der Waals surface area contributed by atoms with E-state index in [-0.39, 0.29) is 24.3 Å². The van der Waals surface area contributed by atoms with Crippen molar-refractivity contribution in [2.75, 3.05) is 18.1 Å². The molecule has 2 aromatic rings. The number of ether oxygens (including phenoxy) is 1. The van der Waals surface area contributed by atoms with Crippen LogP contribution in [0.2, 0.25) is 0 Å². The van der Waals surface area contributed by atoms with Crippen molar-refractivity contribution in [3.8, 4) is 0 Å². The van der Waals surface area contributed by atoms with Gasteiger partial charge in [-0.2, -0.15) is 0 Å². The second kappa shape index (κ2) is 8.00. The van der Waals surface area contributed by atoms with Gasteiger partial charge >= 0.3 is 5.97 Å². The van der Waals surface area contributed by atoms with Crippen LogP contribution in [0.1, 0.15) is 64.8 Å². The molecule has 1 aromatic heterocycles. The molecule has 6 heteroatoms. The molecular formula is C22H26N2O4. The van der Waals surface area contributed by atoms with Gasteiger partial charge in [0.15, 0.2) is 6.61 Å². The molecule has 0 spiro atoms. The molecule has 0 bridgehead atoms. The molecule has 0 N–H and O–H groups in total. The average molecular weight is 382 g/mol. The first-order valence-electron chi connectivity index (χ1n) is 9.59. The number of carbonyl (C=O) groups is 3. The maximum absolute atomic E-state index is 12.6. The first-order valence-corrected chi connectivity index (χ1v) is 9.59. The highest BCUT2D eigenvalue weighted by molar-refractivity contribution is 6.05. The quantitative estimate of drug-likeness (QED) is 0.562. The van der Waals surface area contributed by atoms with Gasteiger partial charge in [-0.25, -0.2) is 4.79 Å². The van der Waals surface area contributed by atoms with Crippen molar-refractivity contribution >= 4 is 23.3 Å². The molecule has 0 unspecified atom stereocenters. The zero-order valence-electron chi connectivity index (χ0n) is 16.8. The molecule has 148 valence electrons. The lowest BCUT2D eigenvalue weighted by molar-refractivity contribution is -0.117. The summed E-state index contributed by atoms with van der Waals surface area (Å²) >= 11 is 0. The number of benzene rings is 1. The number of Topliss-reactive ketones (excluding diaryl/α,β-unsaturated/α-hetero) is 1. The van der Waals surface area contributed by atoms with Crippen molar-refractivity contribution in [2.24, 2.45) is 0 Å². The van der Waals surface area contributed by atoms with Crippen molar-refractivity contribution in [1.29, 1.82) is 0 Å². The molecule has 2 heterocycles. The van der Waals surface area contributed by atoms with E-state index in [1.165, 1.54) is 0 Å². The number of nitrogens with zero attached hydrogens (tertiary/aromatic N) is 2. The van der Waals surface area contributed by atoms with Gasteiger partial charge in [-0.3, -0.25) is 9.59 Å². The summed E-state index contributed by atoms with van der Waals surface area (Å²) in [6.07, 6.45) is 1.25. The minimum Gasteiger partial charge on any atom is -0.454 e. The molecular weight excluding hydrogens is 356 g/mol. The molecule has 0 saturated carbocycles. The van der Waals surface area contributed by atoms with Gasteiger partial charge in [-0.05, 0) is 52.3 Å². The van der Waals surface area contributed by atoms with E-state index in [2.05, 4.69) is 18.4 Å². The highest BCUT2D eigenvalue weighted by Crippen LogP contribution is 2.26. The Labute approximate surface area is 165 Å². The highest BCUT2D eigenvalue weighted by atomic mass is 16.5. The van der Waals surface area contributed by atoms with Crippen LogP contribution in [-0.2, 0) is 9.53 Å². The fourth-order valence-electron chi connectivity index (χ4n) is 3.93. The lowest BCUT2D eigenvalue weighted by atomic mass is 10.1. The predicted molar refractivity (Wildman–Crippen MR) is 107 cm³/mol. The van der Waals surface area contributed by atoms with Crippen molar-refractivity contribution in [1.82, 2.24) is 4.57 Å². The van der Waals surface area contributed by atoms with Crippen LogP contribution >= 0.6 is 0 Å². The van der Waals surface area contributed by atoms with E-state index in [1.807, 2.05) is 19.9 Å². The Morgan fingerprint density at radius 3 is 2.46 bits per heavy atom. The monoisotopic (exact) mass is 382 g/mol. The van der Waals surface area contributed by atoms with Crippen molar-refractivity contribution < 1.29 is 19.1 Å². The third-order valence-electron chi connectivity index (χ3n) is 5.12.